The van der Waals surface area contributed by atoms with Gasteiger partial charge in [-0.15, -0.1) is 0 Å². The summed E-state index contributed by atoms with van der Waals surface area (Å²) in [7, 11) is 2.27. The van der Waals surface area contributed by atoms with Crippen molar-refractivity contribution in [3.8, 4) is 6.07 Å². The smallest absolute Gasteiger partial charge is 0.116 e. The maximum atomic E-state index is 9.45. The highest BCUT2D eigenvalue weighted by molar-refractivity contribution is 5.06. The van der Waals surface area contributed by atoms with Gasteiger partial charge in [0, 0.05) is 25.2 Å². The molecule has 4 heteroatoms. The van der Waals surface area contributed by atoms with E-state index in [2.05, 4.69) is 35.2 Å². The molecule has 2 rings (SSSR count). The van der Waals surface area contributed by atoms with Crippen LogP contribution in [0.5, 0.6) is 0 Å². The van der Waals surface area contributed by atoms with Gasteiger partial charge in [-0.3, -0.25) is 15.1 Å². The summed E-state index contributed by atoms with van der Waals surface area (Å²) in [6.07, 6.45) is 5.01. The lowest BCUT2D eigenvalue weighted by atomic mass is 10.0. The summed E-state index contributed by atoms with van der Waals surface area (Å²) in [5.41, 5.74) is -0.405. The highest BCUT2D eigenvalue weighted by atomic mass is 15.3. The third-order valence-corrected chi connectivity index (χ3v) is 4.78. The predicted octanol–water partition coefficient (Wildman–Crippen LogP) is 1.44. The Bertz CT molecular complexity index is 338. The molecule has 0 amide bonds. The minimum Gasteiger partial charge on any atom is -0.299 e. The largest absolute Gasteiger partial charge is 0.299 e. The fourth-order valence-corrected chi connectivity index (χ4v) is 3.50. The van der Waals surface area contributed by atoms with Gasteiger partial charge in [-0.2, -0.15) is 5.26 Å². The Morgan fingerprint density at radius 2 is 2.05 bits per heavy atom. The molecule has 1 N–H and O–H groups in total. The summed E-state index contributed by atoms with van der Waals surface area (Å²) < 4.78 is 0. The van der Waals surface area contributed by atoms with Gasteiger partial charge in [0.05, 0.1) is 6.07 Å². The number of likely N-dealkylation sites (tertiary alicyclic amines) is 1. The summed E-state index contributed by atoms with van der Waals surface area (Å²) >= 11 is 0. The quantitative estimate of drug-likeness (QED) is 0.816. The second-order valence-corrected chi connectivity index (χ2v) is 6.44. The van der Waals surface area contributed by atoms with Gasteiger partial charge >= 0.3 is 0 Å². The van der Waals surface area contributed by atoms with Gasteiger partial charge in [0.15, 0.2) is 0 Å². The maximum absolute atomic E-state index is 9.45. The molecule has 108 valence electrons. The van der Waals surface area contributed by atoms with Crippen molar-refractivity contribution in [3.63, 3.8) is 0 Å². The Kier molecular flexibility index (Phi) is 4.83. The first-order valence-electron chi connectivity index (χ1n) is 7.68. The van der Waals surface area contributed by atoms with E-state index in [4.69, 9.17) is 0 Å². The Balaban J connectivity index is 1.93. The molecular formula is C15H28N4. The molecule has 3 unspecified atom stereocenters. The van der Waals surface area contributed by atoms with Crippen molar-refractivity contribution in [2.75, 3.05) is 33.2 Å². The Hall–Kier alpha value is -0.630. The summed E-state index contributed by atoms with van der Waals surface area (Å²) in [6, 6.07) is 3.94. The molecule has 2 aliphatic heterocycles. The molecule has 3 atom stereocenters. The zero-order chi connectivity index (χ0) is 13.9. The Morgan fingerprint density at radius 3 is 2.74 bits per heavy atom. The van der Waals surface area contributed by atoms with Crippen LogP contribution in [-0.2, 0) is 0 Å². The molecule has 0 radical (unpaired) electrons. The monoisotopic (exact) mass is 264 g/mol. The van der Waals surface area contributed by atoms with E-state index >= 15 is 0 Å². The lowest BCUT2D eigenvalue weighted by molar-refractivity contribution is 0.192. The topological polar surface area (TPSA) is 42.3 Å². The van der Waals surface area contributed by atoms with Gasteiger partial charge in [-0.25, -0.2) is 0 Å². The first-order valence-corrected chi connectivity index (χ1v) is 7.68. The van der Waals surface area contributed by atoms with Crippen molar-refractivity contribution >= 4 is 0 Å². The van der Waals surface area contributed by atoms with E-state index in [1.807, 2.05) is 6.92 Å². The minimum absolute atomic E-state index is 0.405. The van der Waals surface area contributed by atoms with Crippen LogP contribution in [-0.4, -0.2) is 60.6 Å². The molecule has 0 aliphatic carbocycles. The average molecular weight is 264 g/mol. The molecule has 2 bridgehead atoms. The molecule has 2 saturated heterocycles. The van der Waals surface area contributed by atoms with E-state index in [1.54, 1.807) is 0 Å². The number of rotatable bonds is 5. The predicted molar refractivity (Wildman–Crippen MR) is 77.9 cm³/mol. The van der Waals surface area contributed by atoms with Crippen LogP contribution in [0.1, 0.15) is 39.5 Å². The molecule has 2 heterocycles. The van der Waals surface area contributed by atoms with Crippen LogP contribution in [0.25, 0.3) is 0 Å². The molecule has 2 fully saturated rings. The standard InChI is InChI=1S/C15H28N4/c1-4-8-17-15(2,11-16)12-19-9-7-13-5-6-14(10-19)18(13)3/h13-14,17H,4-10,12H2,1-3H3. The van der Waals surface area contributed by atoms with E-state index in [0.717, 1.165) is 38.6 Å². The van der Waals surface area contributed by atoms with Crippen molar-refractivity contribution in [1.29, 1.82) is 5.26 Å². The van der Waals surface area contributed by atoms with Crippen LogP contribution >= 0.6 is 0 Å². The fourth-order valence-electron chi connectivity index (χ4n) is 3.50. The SMILES string of the molecule is CCCNC(C)(C#N)CN1CCC2CCC(C1)N2C. The lowest BCUT2D eigenvalue weighted by Crippen LogP contribution is -2.52. The number of fused-ring (bicyclic) bond motifs is 2. The van der Waals surface area contributed by atoms with Crippen molar-refractivity contribution in [2.24, 2.45) is 0 Å². The third-order valence-electron chi connectivity index (χ3n) is 4.78. The van der Waals surface area contributed by atoms with Crippen LogP contribution in [0, 0.1) is 11.3 Å². The highest BCUT2D eigenvalue weighted by Crippen LogP contribution is 2.28. The highest BCUT2D eigenvalue weighted by Gasteiger charge is 2.36. The first-order chi connectivity index (χ1) is 9.08. The van der Waals surface area contributed by atoms with Crippen LogP contribution < -0.4 is 5.32 Å². The van der Waals surface area contributed by atoms with E-state index in [1.165, 1.54) is 19.3 Å². The van der Waals surface area contributed by atoms with Gasteiger partial charge in [0.1, 0.15) is 5.54 Å². The third kappa shape index (κ3) is 3.47. The lowest BCUT2D eigenvalue weighted by Gasteiger charge is -2.32. The molecule has 0 aromatic heterocycles. The van der Waals surface area contributed by atoms with Crippen molar-refractivity contribution in [3.05, 3.63) is 0 Å². The molecule has 4 nitrogen and oxygen atoms in total. The van der Waals surface area contributed by atoms with Gasteiger partial charge in [0.2, 0.25) is 0 Å². The van der Waals surface area contributed by atoms with Gasteiger partial charge in [0.25, 0.3) is 0 Å². The first kappa shape index (κ1) is 14.8. The summed E-state index contributed by atoms with van der Waals surface area (Å²) in [5, 5.41) is 12.8. The zero-order valence-electron chi connectivity index (χ0n) is 12.7. The van der Waals surface area contributed by atoms with Crippen molar-refractivity contribution in [1.82, 2.24) is 15.1 Å². The summed E-state index contributed by atoms with van der Waals surface area (Å²) in [4.78, 5) is 5.05. The maximum Gasteiger partial charge on any atom is 0.116 e. The second kappa shape index (κ2) is 6.21. The normalized spacial score (nSPS) is 31.7. The number of nitrogens with zero attached hydrogens (tertiary/aromatic N) is 3. The molecule has 0 spiro atoms. The summed E-state index contributed by atoms with van der Waals surface area (Å²) in [6.45, 7) is 8.21. The van der Waals surface area contributed by atoms with E-state index < -0.39 is 5.54 Å². The van der Waals surface area contributed by atoms with E-state index in [9.17, 15) is 5.26 Å². The van der Waals surface area contributed by atoms with Gasteiger partial charge in [-0.05, 0) is 52.7 Å². The average Bonchev–Trinajstić information content (AvgIpc) is 2.65. The fraction of sp³-hybridized carbons (Fsp3) is 0.933. The van der Waals surface area contributed by atoms with E-state index in [0.29, 0.717) is 6.04 Å². The van der Waals surface area contributed by atoms with Crippen LogP contribution in [0.4, 0.5) is 0 Å². The molecule has 2 aliphatic rings. The molecule has 19 heavy (non-hydrogen) atoms. The van der Waals surface area contributed by atoms with Crippen molar-refractivity contribution in [2.45, 2.75) is 57.2 Å². The molecule has 0 aromatic rings. The van der Waals surface area contributed by atoms with Gasteiger partial charge < -0.3 is 0 Å². The number of hydrogen-bond donors (Lipinski definition) is 1. The van der Waals surface area contributed by atoms with Crippen LogP contribution in [0.3, 0.4) is 0 Å². The minimum atomic E-state index is -0.405. The van der Waals surface area contributed by atoms with E-state index in [-0.39, 0.29) is 0 Å². The Labute approximate surface area is 117 Å². The van der Waals surface area contributed by atoms with Crippen LogP contribution in [0.2, 0.25) is 0 Å². The summed E-state index contributed by atoms with van der Waals surface area (Å²) in [5.74, 6) is 0. The van der Waals surface area contributed by atoms with Gasteiger partial charge in [-0.1, -0.05) is 6.92 Å². The number of hydrogen-bond acceptors (Lipinski definition) is 4. The zero-order valence-corrected chi connectivity index (χ0v) is 12.7. The number of nitriles is 1. The number of likely N-dealkylation sites (N-methyl/N-ethyl adjacent to an activating group) is 1. The van der Waals surface area contributed by atoms with Crippen LogP contribution in [0.15, 0.2) is 0 Å². The molecule has 0 aromatic carbocycles. The van der Waals surface area contributed by atoms with Crippen molar-refractivity contribution < 1.29 is 0 Å². The second-order valence-electron chi connectivity index (χ2n) is 6.44. The molecular weight excluding hydrogens is 236 g/mol. The molecule has 0 saturated carbocycles. The number of nitrogens with one attached hydrogen (secondary N) is 1. The Morgan fingerprint density at radius 1 is 1.32 bits per heavy atom.